The molecule has 40 heavy (non-hydrogen) atoms. The molecule has 0 amide bonds. The number of nitrogens with zero attached hydrogens (tertiary/aromatic N) is 3. The van der Waals surface area contributed by atoms with Crippen LogP contribution in [0.5, 0.6) is 5.75 Å². The summed E-state index contributed by atoms with van der Waals surface area (Å²) in [6.07, 6.45) is 12.0. The van der Waals surface area contributed by atoms with Crippen LogP contribution in [0.25, 0.3) is 20.9 Å². The summed E-state index contributed by atoms with van der Waals surface area (Å²) in [7, 11) is 1.69. The molecule has 1 aromatic carbocycles. The smallest absolute Gasteiger partial charge is 0.259 e. The number of para-hydroxylation sites is 1. The highest BCUT2D eigenvalue weighted by Gasteiger charge is 2.21. The molecule has 1 aliphatic heterocycles. The summed E-state index contributed by atoms with van der Waals surface area (Å²) in [5, 5.41) is 9.55. The summed E-state index contributed by atoms with van der Waals surface area (Å²) in [5.41, 5.74) is 3.11. The number of ether oxygens (including phenoxy) is 2. The highest BCUT2D eigenvalue weighted by molar-refractivity contribution is 7.22. The fraction of sp³-hybridized carbons (Fsp3) is 0.367. The van der Waals surface area contributed by atoms with Crippen LogP contribution in [-0.2, 0) is 30.5 Å². The fourth-order valence-electron chi connectivity index (χ4n) is 4.79. The van der Waals surface area contributed by atoms with Crippen LogP contribution in [0.4, 0.5) is 0 Å². The van der Waals surface area contributed by atoms with E-state index < -0.39 is 0 Å². The van der Waals surface area contributed by atoms with Crippen LogP contribution in [0.1, 0.15) is 35.4 Å². The zero-order valence-electron chi connectivity index (χ0n) is 22.7. The van der Waals surface area contributed by atoms with Gasteiger partial charge in [-0.15, -0.1) is 11.3 Å². The number of hydrogen-bond donors (Lipinski definition) is 1. The molecule has 1 N–H and O–H groups in total. The van der Waals surface area contributed by atoms with E-state index in [1.165, 1.54) is 0 Å². The molecule has 1 fully saturated rings. The summed E-state index contributed by atoms with van der Waals surface area (Å²) in [6.45, 7) is 3.92. The normalized spacial score (nSPS) is 13.8. The van der Waals surface area contributed by atoms with Gasteiger partial charge in [0.05, 0.1) is 35.9 Å². The number of hydrogen-bond acceptors (Lipinski definition) is 9. The largest absolute Gasteiger partial charge is 0.496 e. The van der Waals surface area contributed by atoms with Gasteiger partial charge in [-0.25, -0.2) is 9.97 Å². The standard InChI is InChI=1S/C25H23N3O4S.C5H10O2/c1-16-21-23(33-22(16)24-27-11-14-32-24)18(8-7-17-5-3-4-6-19(17)30-2)15-28(25(21)29)12-9-20-26-10-13-31-20;6-5-1-3-7-4-2-5/h3-6,10-11,13-15H,7-9,12H2,1-2H3;5-6H,1-4H2. The summed E-state index contributed by atoms with van der Waals surface area (Å²) in [6, 6.07) is 8.03. The van der Waals surface area contributed by atoms with Gasteiger partial charge < -0.3 is 28.0 Å². The van der Waals surface area contributed by atoms with Crippen LogP contribution < -0.4 is 10.3 Å². The lowest BCUT2D eigenvalue weighted by molar-refractivity contribution is 0.0140. The number of methoxy groups -OCH3 is 1. The van der Waals surface area contributed by atoms with E-state index in [0.717, 1.165) is 76.3 Å². The molecule has 9 nitrogen and oxygen atoms in total. The van der Waals surface area contributed by atoms with Gasteiger partial charge in [-0.05, 0) is 55.4 Å². The van der Waals surface area contributed by atoms with Crippen molar-refractivity contribution in [1.29, 1.82) is 0 Å². The Labute approximate surface area is 236 Å². The molecular weight excluding hydrogens is 530 g/mol. The van der Waals surface area contributed by atoms with E-state index in [1.54, 1.807) is 47.9 Å². The number of aromatic nitrogens is 3. The Hall–Kier alpha value is -3.73. The average Bonchev–Trinajstić information content (AvgIpc) is 3.75. The van der Waals surface area contributed by atoms with Gasteiger partial charge in [-0.1, -0.05) is 18.2 Å². The molecule has 0 aliphatic carbocycles. The maximum Gasteiger partial charge on any atom is 0.259 e. The van der Waals surface area contributed by atoms with Crippen LogP contribution in [-0.4, -0.2) is 46.1 Å². The molecule has 1 saturated heterocycles. The monoisotopic (exact) mass is 563 g/mol. The Morgan fingerprint density at radius 3 is 2.48 bits per heavy atom. The van der Waals surface area contributed by atoms with E-state index in [0.29, 0.717) is 24.7 Å². The van der Waals surface area contributed by atoms with Crippen molar-refractivity contribution < 1.29 is 23.4 Å². The van der Waals surface area contributed by atoms with Gasteiger partial charge in [0.15, 0.2) is 5.89 Å². The molecule has 0 unspecified atom stereocenters. The lowest BCUT2D eigenvalue weighted by Gasteiger charge is -2.15. The number of aliphatic hydroxyl groups excluding tert-OH is 1. The molecule has 0 spiro atoms. The maximum atomic E-state index is 13.5. The van der Waals surface area contributed by atoms with Gasteiger partial charge in [-0.2, -0.15) is 0 Å². The summed E-state index contributed by atoms with van der Waals surface area (Å²) in [4.78, 5) is 22.8. The Morgan fingerprint density at radius 2 is 1.80 bits per heavy atom. The lowest BCUT2D eigenvalue weighted by Crippen LogP contribution is -2.22. The first-order valence-corrected chi connectivity index (χ1v) is 14.2. The van der Waals surface area contributed by atoms with Crippen LogP contribution >= 0.6 is 11.3 Å². The van der Waals surface area contributed by atoms with Gasteiger partial charge in [-0.3, -0.25) is 4.79 Å². The second-order valence-corrected chi connectivity index (χ2v) is 10.6. The number of rotatable bonds is 8. The SMILES string of the molecule is COc1ccccc1CCc1cn(CCc2ncco2)c(=O)c2c(C)c(-c3ncco3)sc12.OC1CCOCC1. The summed E-state index contributed by atoms with van der Waals surface area (Å²) in [5.74, 6) is 2.02. The highest BCUT2D eigenvalue weighted by atomic mass is 32.1. The zero-order chi connectivity index (χ0) is 27.9. The Balaban J connectivity index is 0.000000403. The topological polar surface area (TPSA) is 113 Å². The average molecular weight is 564 g/mol. The molecule has 10 heteroatoms. The predicted molar refractivity (Wildman–Crippen MR) is 153 cm³/mol. The minimum atomic E-state index is -0.0891. The van der Waals surface area contributed by atoms with Gasteiger partial charge in [0.25, 0.3) is 5.56 Å². The third-order valence-corrected chi connectivity index (χ3v) is 8.30. The van der Waals surface area contributed by atoms with Crippen molar-refractivity contribution in [2.45, 2.75) is 51.7 Å². The van der Waals surface area contributed by atoms with Gasteiger partial charge >= 0.3 is 0 Å². The second kappa shape index (κ2) is 13.1. The number of aliphatic hydroxyl groups is 1. The van der Waals surface area contributed by atoms with Crippen LogP contribution in [0.2, 0.25) is 0 Å². The van der Waals surface area contributed by atoms with Crippen molar-refractivity contribution in [1.82, 2.24) is 14.5 Å². The third kappa shape index (κ3) is 6.35. The molecular formula is C30H33N3O6S. The van der Waals surface area contributed by atoms with E-state index in [2.05, 4.69) is 16.0 Å². The maximum absolute atomic E-state index is 13.5. The number of pyridine rings is 1. The van der Waals surface area contributed by atoms with Crippen molar-refractivity contribution in [2.75, 3.05) is 20.3 Å². The Morgan fingerprint density at radius 1 is 1.05 bits per heavy atom. The lowest BCUT2D eigenvalue weighted by atomic mass is 10.0. The van der Waals surface area contributed by atoms with Crippen LogP contribution in [0.15, 0.2) is 69.0 Å². The van der Waals surface area contributed by atoms with E-state index in [9.17, 15) is 4.79 Å². The van der Waals surface area contributed by atoms with E-state index >= 15 is 0 Å². The number of thiophene rings is 1. The van der Waals surface area contributed by atoms with Crippen molar-refractivity contribution in [3.63, 3.8) is 0 Å². The van der Waals surface area contributed by atoms with Gasteiger partial charge in [0.2, 0.25) is 5.89 Å². The van der Waals surface area contributed by atoms with Crippen molar-refractivity contribution in [2.24, 2.45) is 0 Å². The quantitative estimate of drug-likeness (QED) is 0.274. The predicted octanol–water partition coefficient (Wildman–Crippen LogP) is 5.21. The zero-order valence-corrected chi connectivity index (χ0v) is 23.5. The molecule has 0 bridgehead atoms. The number of oxazole rings is 2. The first-order chi connectivity index (χ1) is 19.5. The van der Waals surface area contributed by atoms with Crippen molar-refractivity contribution in [3.8, 4) is 16.5 Å². The minimum absolute atomic E-state index is 0.0239. The Bertz CT molecular complexity index is 1570. The van der Waals surface area contributed by atoms with Gasteiger partial charge in [0.1, 0.15) is 18.3 Å². The molecule has 5 heterocycles. The van der Waals surface area contributed by atoms with Crippen molar-refractivity contribution in [3.05, 3.63) is 88.3 Å². The molecule has 0 atom stereocenters. The minimum Gasteiger partial charge on any atom is -0.496 e. The Kier molecular flexibility index (Phi) is 9.10. The highest BCUT2D eigenvalue weighted by Crippen LogP contribution is 2.38. The van der Waals surface area contributed by atoms with E-state index in [4.69, 9.17) is 23.4 Å². The molecule has 4 aromatic heterocycles. The van der Waals surface area contributed by atoms with E-state index in [1.807, 2.05) is 31.3 Å². The molecule has 1 aliphatic rings. The fourth-order valence-corrected chi connectivity index (χ4v) is 6.06. The second-order valence-electron chi connectivity index (χ2n) is 9.58. The number of aryl methyl sites for hydroxylation is 5. The summed E-state index contributed by atoms with van der Waals surface area (Å²) < 4.78 is 24.2. The van der Waals surface area contributed by atoms with E-state index in [-0.39, 0.29) is 11.7 Å². The molecule has 5 aromatic rings. The van der Waals surface area contributed by atoms with Crippen LogP contribution in [0, 0.1) is 6.92 Å². The molecule has 6 rings (SSSR count). The third-order valence-electron chi connectivity index (χ3n) is 6.95. The first-order valence-electron chi connectivity index (χ1n) is 13.4. The van der Waals surface area contributed by atoms with Crippen LogP contribution in [0.3, 0.4) is 0 Å². The molecule has 0 radical (unpaired) electrons. The number of benzene rings is 1. The van der Waals surface area contributed by atoms with Gasteiger partial charge in [0, 0.05) is 37.1 Å². The summed E-state index contributed by atoms with van der Waals surface area (Å²) >= 11 is 1.56. The molecule has 0 saturated carbocycles. The van der Waals surface area contributed by atoms with Crippen molar-refractivity contribution >= 4 is 21.4 Å². The molecule has 210 valence electrons. The number of fused-ring (bicyclic) bond motifs is 1. The first kappa shape index (κ1) is 27.8.